The fourth-order valence-corrected chi connectivity index (χ4v) is 4.22. The Balaban J connectivity index is 1.71. The molecule has 2 aliphatic rings. The number of nitrogens with zero attached hydrogens (tertiary/aromatic N) is 2. The first-order valence-electron chi connectivity index (χ1n) is 10.5. The van der Waals surface area contributed by atoms with E-state index in [9.17, 15) is 27.2 Å². The van der Waals surface area contributed by atoms with E-state index in [1.165, 1.54) is 42.7 Å². The van der Waals surface area contributed by atoms with E-state index >= 15 is 0 Å². The maximum atomic E-state index is 14.1. The minimum absolute atomic E-state index is 0.0599. The maximum absolute atomic E-state index is 14.1. The number of aromatic nitrogens is 1. The molecule has 0 fully saturated rings. The number of carbonyl (C=O) groups is 1. The molecular weight excluding hydrogens is 468 g/mol. The summed E-state index contributed by atoms with van der Waals surface area (Å²) in [6.45, 7) is 1.66. The number of urea groups is 1. The third-order valence-corrected chi connectivity index (χ3v) is 5.74. The normalized spacial score (nSPS) is 18.1. The largest absolute Gasteiger partial charge is 0.417 e. The number of rotatable bonds is 4. The number of amides is 2. The van der Waals surface area contributed by atoms with Crippen molar-refractivity contribution in [2.24, 2.45) is 4.99 Å². The molecule has 2 atom stereocenters. The summed E-state index contributed by atoms with van der Waals surface area (Å²) in [6.07, 6.45) is -3.98. The van der Waals surface area contributed by atoms with Gasteiger partial charge in [0.2, 0.25) is 0 Å². The van der Waals surface area contributed by atoms with Crippen molar-refractivity contribution < 1.29 is 22.4 Å². The summed E-state index contributed by atoms with van der Waals surface area (Å²) < 4.78 is 56.3. The van der Waals surface area contributed by atoms with Crippen LogP contribution in [0.1, 0.15) is 24.2 Å². The molecule has 0 spiro atoms. The van der Waals surface area contributed by atoms with Gasteiger partial charge in [-0.05, 0) is 42.6 Å². The molecule has 0 aliphatic carbocycles. The second kappa shape index (κ2) is 8.15. The van der Waals surface area contributed by atoms with Crippen molar-refractivity contribution in [2.75, 3.05) is 0 Å². The van der Waals surface area contributed by atoms with Gasteiger partial charge in [0.25, 0.3) is 5.56 Å². The third kappa shape index (κ3) is 3.96. The summed E-state index contributed by atoms with van der Waals surface area (Å²) in [4.78, 5) is 29.7. The van der Waals surface area contributed by atoms with Gasteiger partial charge in [-0.1, -0.05) is 18.2 Å². The Hall–Kier alpha value is -4.35. The zero-order chi connectivity index (χ0) is 24.9. The van der Waals surface area contributed by atoms with Crippen LogP contribution < -0.4 is 26.8 Å². The van der Waals surface area contributed by atoms with Crippen molar-refractivity contribution in [2.45, 2.75) is 25.3 Å². The fourth-order valence-electron chi connectivity index (χ4n) is 4.22. The van der Waals surface area contributed by atoms with Crippen LogP contribution in [-0.4, -0.2) is 23.1 Å². The second-order valence-corrected chi connectivity index (χ2v) is 8.04. The van der Waals surface area contributed by atoms with E-state index in [1.807, 2.05) is 0 Å². The molecule has 2 aliphatic heterocycles. The Morgan fingerprint density at radius 2 is 1.89 bits per heavy atom. The average Bonchev–Trinajstić information content (AvgIpc) is 3.26. The van der Waals surface area contributed by atoms with Crippen LogP contribution in [0, 0.1) is 5.82 Å². The molecule has 8 nitrogen and oxygen atoms in total. The predicted octanol–water partition coefficient (Wildman–Crippen LogP) is 3.24. The lowest BCUT2D eigenvalue weighted by atomic mass is 10.0. The lowest BCUT2D eigenvalue weighted by molar-refractivity contribution is -0.136. The summed E-state index contributed by atoms with van der Waals surface area (Å²) in [6, 6.07) is 8.72. The second-order valence-electron chi connectivity index (χ2n) is 8.04. The first-order chi connectivity index (χ1) is 16.6. The number of hydrogen-bond acceptors (Lipinski definition) is 5. The molecule has 12 heteroatoms. The maximum Gasteiger partial charge on any atom is 0.417 e. The molecule has 3 heterocycles. The Kier molecular flexibility index (Phi) is 5.23. The van der Waals surface area contributed by atoms with Crippen LogP contribution in [0.25, 0.3) is 16.5 Å². The lowest BCUT2D eigenvalue weighted by Crippen LogP contribution is -2.51. The highest BCUT2D eigenvalue weighted by atomic mass is 19.4. The predicted molar refractivity (Wildman–Crippen MR) is 120 cm³/mol. The van der Waals surface area contributed by atoms with E-state index in [2.05, 4.69) is 26.3 Å². The summed E-state index contributed by atoms with van der Waals surface area (Å²) in [5.41, 5.74) is -1.19. The van der Waals surface area contributed by atoms with Crippen LogP contribution in [0.4, 0.5) is 22.4 Å². The minimum atomic E-state index is -4.77. The number of nitrogens with one attached hydrogen (secondary N) is 4. The zero-order valence-corrected chi connectivity index (χ0v) is 18.1. The fraction of sp³-hybridized carbons (Fsp3) is 0.174. The van der Waals surface area contributed by atoms with Crippen molar-refractivity contribution >= 4 is 23.1 Å². The molecular formula is C23H18F4N6O2. The third-order valence-electron chi connectivity index (χ3n) is 5.74. The quantitative estimate of drug-likeness (QED) is 0.426. The highest BCUT2D eigenvalue weighted by Gasteiger charge is 2.35. The van der Waals surface area contributed by atoms with Gasteiger partial charge >= 0.3 is 12.2 Å². The number of halogens is 4. The minimum Gasteiger partial charge on any atom is -0.362 e. The molecule has 35 heavy (non-hydrogen) atoms. The summed E-state index contributed by atoms with van der Waals surface area (Å²) in [5.74, 6) is -0.373. The number of aliphatic imine (C=N–C) groups is 1. The number of pyridine rings is 1. The van der Waals surface area contributed by atoms with Gasteiger partial charge in [0.15, 0.2) is 6.17 Å². The van der Waals surface area contributed by atoms with Gasteiger partial charge in [-0.25, -0.2) is 14.2 Å². The van der Waals surface area contributed by atoms with Crippen LogP contribution in [0.5, 0.6) is 0 Å². The Labute approximate surface area is 195 Å². The highest BCUT2D eigenvalue weighted by molar-refractivity contribution is 5.86. The molecule has 180 valence electrons. The monoisotopic (exact) mass is 486 g/mol. The van der Waals surface area contributed by atoms with Gasteiger partial charge in [-0.2, -0.15) is 13.2 Å². The highest BCUT2D eigenvalue weighted by Crippen LogP contribution is 2.34. The molecule has 5 rings (SSSR count). The molecule has 1 unspecified atom stereocenters. The van der Waals surface area contributed by atoms with Crippen molar-refractivity contribution in [3.8, 4) is 5.69 Å². The standard InChI is InChI=1S/C23H18F4N6O2/c1-11(30-20-18-19(29-10-28-18)31-22(35)32-20)16-8-12-4-2-7-15(23(25,26)27)17(12)21(34)33(16)14-6-3-5-13(24)9-14/h2-11,19,30H,1H3,(H,28,29)(H2,31,32,35)/t11-,19?/m0/s1. The summed E-state index contributed by atoms with van der Waals surface area (Å²) in [5, 5.41) is 10.8. The van der Waals surface area contributed by atoms with Crippen LogP contribution in [0.15, 0.2) is 69.8 Å². The topological polar surface area (TPSA) is 99.6 Å². The smallest absolute Gasteiger partial charge is 0.362 e. The summed E-state index contributed by atoms with van der Waals surface area (Å²) in [7, 11) is 0. The first-order valence-corrected chi connectivity index (χ1v) is 10.5. The number of fused-ring (bicyclic) bond motifs is 2. The molecule has 0 radical (unpaired) electrons. The zero-order valence-electron chi connectivity index (χ0n) is 18.1. The number of alkyl halides is 3. The molecule has 2 aromatic carbocycles. The van der Waals surface area contributed by atoms with E-state index in [-0.39, 0.29) is 22.6 Å². The molecule has 0 saturated heterocycles. The average molecular weight is 486 g/mol. The van der Waals surface area contributed by atoms with Gasteiger partial charge in [0, 0.05) is 5.69 Å². The van der Waals surface area contributed by atoms with Gasteiger partial charge in [0.1, 0.15) is 17.3 Å². The molecule has 2 amide bonds. The molecule has 3 aromatic rings. The molecule has 0 bridgehead atoms. The van der Waals surface area contributed by atoms with Gasteiger partial charge in [-0.15, -0.1) is 0 Å². The van der Waals surface area contributed by atoms with Gasteiger partial charge < -0.3 is 16.0 Å². The lowest BCUT2D eigenvalue weighted by Gasteiger charge is -2.28. The Morgan fingerprint density at radius 3 is 2.63 bits per heavy atom. The van der Waals surface area contributed by atoms with E-state index in [4.69, 9.17) is 0 Å². The first kappa shape index (κ1) is 22.4. The van der Waals surface area contributed by atoms with Crippen LogP contribution in [0.3, 0.4) is 0 Å². The van der Waals surface area contributed by atoms with E-state index in [0.717, 1.165) is 16.7 Å². The van der Waals surface area contributed by atoms with Gasteiger partial charge in [0.05, 0.1) is 29.0 Å². The van der Waals surface area contributed by atoms with Crippen molar-refractivity contribution in [1.29, 1.82) is 0 Å². The van der Waals surface area contributed by atoms with Crippen LogP contribution >= 0.6 is 0 Å². The van der Waals surface area contributed by atoms with Crippen molar-refractivity contribution in [3.05, 3.63) is 87.5 Å². The van der Waals surface area contributed by atoms with Crippen molar-refractivity contribution in [3.63, 3.8) is 0 Å². The number of carbonyl (C=O) groups excluding carboxylic acids is 1. The van der Waals surface area contributed by atoms with Crippen molar-refractivity contribution in [1.82, 2.24) is 25.8 Å². The molecule has 0 saturated carbocycles. The molecule has 4 N–H and O–H groups in total. The number of benzene rings is 2. The van der Waals surface area contributed by atoms with E-state index < -0.39 is 46.7 Å². The molecule has 1 aromatic heterocycles. The Bertz CT molecular complexity index is 1480. The van der Waals surface area contributed by atoms with Crippen LogP contribution in [0.2, 0.25) is 0 Å². The van der Waals surface area contributed by atoms with E-state index in [1.54, 1.807) is 6.92 Å². The van der Waals surface area contributed by atoms with Gasteiger partial charge in [-0.3, -0.25) is 14.7 Å². The van der Waals surface area contributed by atoms with E-state index in [0.29, 0.717) is 5.70 Å². The number of hydrogen-bond donors (Lipinski definition) is 4. The summed E-state index contributed by atoms with van der Waals surface area (Å²) >= 11 is 0. The SMILES string of the molecule is C[C@H](NC1=C2NC=NC2NC(=O)N1)c1cc2cccc(C(F)(F)F)c2c(=O)n1-c1cccc(F)c1. The Morgan fingerprint density at radius 1 is 1.11 bits per heavy atom. The van der Waals surface area contributed by atoms with Crippen LogP contribution in [-0.2, 0) is 6.18 Å².